The molecule has 0 unspecified atom stereocenters. The van der Waals surface area contributed by atoms with Crippen molar-refractivity contribution < 1.29 is 0 Å². The number of rotatable bonds is 5. The number of nitrogens with zero attached hydrogens (tertiary/aromatic N) is 1. The number of hydrogen-bond donors (Lipinski definition) is 0. The third-order valence-corrected chi connectivity index (χ3v) is 17.9. The number of benzene rings is 8. The van der Waals surface area contributed by atoms with Crippen LogP contribution in [0.5, 0.6) is 0 Å². The Labute approximate surface area is 374 Å². The minimum atomic E-state index is -0.100. The highest BCUT2D eigenvalue weighted by Crippen LogP contribution is 2.70. The maximum atomic E-state index is 2.66. The number of thiophene rings is 1. The lowest BCUT2D eigenvalue weighted by atomic mass is 9.43. The van der Waals surface area contributed by atoms with Crippen molar-refractivity contribution in [1.82, 2.24) is 0 Å². The van der Waals surface area contributed by atoms with Gasteiger partial charge in [0.25, 0.3) is 0 Å². The Hall–Kier alpha value is -6.22. The van der Waals surface area contributed by atoms with E-state index < -0.39 is 0 Å². The van der Waals surface area contributed by atoms with Crippen LogP contribution in [-0.2, 0) is 10.8 Å². The SMILES string of the molecule is CC1(C)c2ccccc2-c2c(N(c3cccc(-c4ccc5c(c4)C4(c6cc(-c7ccccc7)ccc6-5)C5CC6CC(C5)CC4C6)c3)c3cccc4c3sc3ccccc34)cccc21. The highest BCUT2D eigenvalue weighted by molar-refractivity contribution is 7.26. The molecule has 1 heterocycles. The average molecular weight is 828 g/mol. The Bertz CT molecular complexity index is 3320. The Morgan fingerprint density at radius 3 is 1.81 bits per heavy atom. The fourth-order valence-electron chi connectivity index (χ4n) is 14.2. The number of hydrogen-bond acceptors (Lipinski definition) is 2. The second-order valence-corrected chi connectivity index (χ2v) is 21.1. The largest absolute Gasteiger partial charge is 0.308 e. The van der Waals surface area contributed by atoms with Crippen LogP contribution < -0.4 is 4.90 Å². The first-order valence-corrected chi connectivity index (χ1v) is 24.2. The van der Waals surface area contributed by atoms with Crippen molar-refractivity contribution in [2.45, 2.75) is 56.8 Å². The van der Waals surface area contributed by atoms with Crippen LogP contribution in [0.4, 0.5) is 17.1 Å². The van der Waals surface area contributed by atoms with Gasteiger partial charge in [0.1, 0.15) is 0 Å². The second kappa shape index (κ2) is 13.2. The monoisotopic (exact) mass is 827 g/mol. The summed E-state index contributed by atoms with van der Waals surface area (Å²) in [6, 6.07) is 67.6. The van der Waals surface area contributed by atoms with Crippen molar-refractivity contribution in [1.29, 1.82) is 0 Å². The molecule has 2 heteroatoms. The quantitative estimate of drug-likeness (QED) is 0.167. The first kappa shape index (κ1) is 36.3. The summed E-state index contributed by atoms with van der Waals surface area (Å²) in [4.78, 5) is 2.59. The Kier molecular flexibility index (Phi) is 7.58. The topological polar surface area (TPSA) is 3.24 Å². The van der Waals surface area contributed by atoms with Gasteiger partial charge in [-0.2, -0.15) is 0 Å². The van der Waals surface area contributed by atoms with E-state index in [0.29, 0.717) is 11.8 Å². The van der Waals surface area contributed by atoms with Gasteiger partial charge in [0, 0.05) is 37.6 Å². The summed E-state index contributed by atoms with van der Waals surface area (Å²) in [5, 5.41) is 2.64. The highest BCUT2D eigenvalue weighted by atomic mass is 32.1. The molecule has 15 rings (SSSR count). The molecule has 0 amide bonds. The average Bonchev–Trinajstić information content (AvgIpc) is 3.92. The smallest absolute Gasteiger partial charge is 0.0640 e. The molecule has 0 N–H and O–H groups in total. The Morgan fingerprint density at radius 1 is 0.444 bits per heavy atom. The third-order valence-electron chi connectivity index (χ3n) is 16.6. The molecule has 8 aromatic carbocycles. The molecule has 63 heavy (non-hydrogen) atoms. The van der Waals surface area contributed by atoms with E-state index >= 15 is 0 Å². The minimum Gasteiger partial charge on any atom is -0.308 e. The van der Waals surface area contributed by atoms with E-state index in [1.165, 1.54) is 125 Å². The van der Waals surface area contributed by atoms with Gasteiger partial charge in [-0.05, 0) is 159 Å². The van der Waals surface area contributed by atoms with Crippen molar-refractivity contribution in [2.24, 2.45) is 23.7 Å². The maximum absolute atomic E-state index is 2.66. The summed E-state index contributed by atoms with van der Waals surface area (Å²) in [6.45, 7) is 4.79. The Balaban J connectivity index is 0.966. The first-order chi connectivity index (χ1) is 30.9. The van der Waals surface area contributed by atoms with Gasteiger partial charge in [-0.15, -0.1) is 11.3 Å². The minimum absolute atomic E-state index is 0.0736. The molecule has 6 aliphatic rings. The number of anilines is 3. The van der Waals surface area contributed by atoms with Gasteiger partial charge in [0.05, 0.1) is 16.1 Å². The summed E-state index contributed by atoms with van der Waals surface area (Å²) < 4.78 is 2.65. The molecule has 1 nitrogen and oxygen atoms in total. The predicted molar refractivity (Wildman–Crippen MR) is 266 cm³/mol. The fourth-order valence-corrected chi connectivity index (χ4v) is 15.5. The molecular weight excluding hydrogens is 779 g/mol. The number of fused-ring (bicyclic) bond motifs is 9. The molecule has 0 saturated heterocycles. The fraction of sp³-hybridized carbons (Fsp3) is 0.213. The summed E-state index contributed by atoms with van der Waals surface area (Å²) >= 11 is 1.91. The van der Waals surface area contributed by atoms with Crippen molar-refractivity contribution in [2.75, 3.05) is 4.90 Å². The van der Waals surface area contributed by atoms with Crippen LogP contribution in [0.1, 0.15) is 68.2 Å². The molecule has 304 valence electrons. The molecule has 1 aromatic heterocycles. The maximum Gasteiger partial charge on any atom is 0.0640 e. The Morgan fingerprint density at radius 2 is 1.03 bits per heavy atom. The molecule has 0 aliphatic heterocycles. The van der Waals surface area contributed by atoms with Crippen LogP contribution in [-0.4, -0.2) is 0 Å². The molecular formula is C61H49NS. The van der Waals surface area contributed by atoms with Gasteiger partial charge in [-0.1, -0.05) is 147 Å². The normalized spacial score (nSPS) is 23.0. The van der Waals surface area contributed by atoms with Gasteiger partial charge >= 0.3 is 0 Å². The van der Waals surface area contributed by atoms with E-state index in [-0.39, 0.29) is 10.8 Å². The van der Waals surface area contributed by atoms with Crippen LogP contribution in [0.3, 0.4) is 0 Å². The van der Waals surface area contributed by atoms with E-state index in [0.717, 1.165) is 11.8 Å². The van der Waals surface area contributed by atoms with Crippen molar-refractivity contribution in [3.05, 3.63) is 198 Å². The van der Waals surface area contributed by atoms with Crippen molar-refractivity contribution in [3.63, 3.8) is 0 Å². The standard InChI is InChI=1S/C61H49NS/c1-60(2)51-20-8-6-18-50(51)58-52(60)21-12-22-55(58)62(56-23-11-19-49-48-17-7-9-24-57(48)63-59(49)56)45-16-10-15-40(34-45)42-26-28-47-46-27-25-41(39-13-4-3-5-14-39)35-53(46)61(54(47)36-42)43-30-37-29-38(32-43)33-44(61)31-37/h3-28,34-38,43-44H,29-33H2,1-2H3. The zero-order valence-corrected chi connectivity index (χ0v) is 36.8. The molecule has 4 saturated carbocycles. The van der Waals surface area contributed by atoms with E-state index in [1.54, 1.807) is 11.1 Å². The molecule has 6 aliphatic carbocycles. The van der Waals surface area contributed by atoms with E-state index in [2.05, 4.69) is 195 Å². The van der Waals surface area contributed by atoms with E-state index in [1.807, 2.05) is 11.3 Å². The second-order valence-electron chi connectivity index (χ2n) is 20.1. The lowest BCUT2D eigenvalue weighted by molar-refractivity contribution is -0.0399. The van der Waals surface area contributed by atoms with Crippen LogP contribution in [0.25, 0.3) is 64.7 Å². The lowest BCUT2D eigenvalue weighted by Crippen LogP contribution is -2.55. The van der Waals surface area contributed by atoms with Crippen LogP contribution in [0.2, 0.25) is 0 Å². The first-order valence-electron chi connectivity index (χ1n) is 23.3. The van der Waals surface area contributed by atoms with Gasteiger partial charge in [0.15, 0.2) is 0 Å². The molecule has 0 radical (unpaired) electrons. The van der Waals surface area contributed by atoms with Crippen LogP contribution in [0.15, 0.2) is 176 Å². The van der Waals surface area contributed by atoms with Crippen LogP contribution in [0, 0.1) is 23.7 Å². The van der Waals surface area contributed by atoms with Gasteiger partial charge < -0.3 is 4.90 Å². The molecule has 0 atom stereocenters. The van der Waals surface area contributed by atoms with Crippen molar-refractivity contribution in [3.8, 4) is 44.5 Å². The summed E-state index contributed by atoms with van der Waals surface area (Å²) in [5.41, 5.74) is 20.5. The van der Waals surface area contributed by atoms with Gasteiger partial charge in [-0.3, -0.25) is 0 Å². The highest BCUT2D eigenvalue weighted by Gasteiger charge is 2.61. The summed E-state index contributed by atoms with van der Waals surface area (Å²) in [7, 11) is 0. The third kappa shape index (κ3) is 4.99. The van der Waals surface area contributed by atoms with Crippen LogP contribution >= 0.6 is 11.3 Å². The molecule has 4 bridgehead atoms. The zero-order chi connectivity index (χ0) is 41.6. The summed E-state index contributed by atoms with van der Waals surface area (Å²) in [6.07, 6.45) is 6.96. The summed E-state index contributed by atoms with van der Waals surface area (Å²) in [5.74, 6) is 3.20. The molecule has 9 aromatic rings. The van der Waals surface area contributed by atoms with E-state index in [9.17, 15) is 0 Å². The van der Waals surface area contributed by atoms with Gasteiger partial charge in [0.2, 0.25) is 0 Å². The van der Waals surface area contributed by atoms with E-state index in [4.69, 9.17) is 0 Å². The zero-order valence-electron chi connectivity index (χ0n) is 35.9. The molecule has 1 spiro atoms. The lowest BCUT2D eigenvalue weighted by Gasteiger charge is -2.61. The predicted octanol–water partition coefficient (Wildman–Crippen LogP) is 16.9. The van der Waals surface area contributed by atoms with Crippen molar-refractivity contribution >= 4 is 48.6 Å². The van der Waals surface area contributed by atoms with Gasteiger partial charge in [-0.25, -0.2) is 0 Å². The molecule has 4 fully saturated rings.